The van der Waals surface area contributed by atoms with Crippen LogP contribution < -0.4 is 10.9 Å². The van der Waals surface area contributed by atoms with Gasteiger partial charge in [-0.05, 0) is 72.8 Å². The van der Waals surface area contributed by atoms with Crippen LogP contribution in [0, 0.1) is 13.8 Å². The molecule has 4 bridgehead atoms. The van der Waals surface area contributed by atoms with Crippen LogP contribution in [-0.4, -0.2) is 68.7 Å². The number of ether oxygens (including phenoxy) is 4. The van der Waals surface area contributed by atoms with E-state index in [0.717, 1.165) is 34.7 Å². The number of carbonyl (C=O) groups excluding carboxylic acids is 2. The van der Waals surface area contributed by atoms with Crippen molar-refractivity contribution in [2.24, 2.45) is 0 Å². The van der Waals surface area contributed by atoms with Gasteiger partial charge in [-0.15, -0.1) is 0 Å². The summed E-state index contributed by atoms with van der Waals surface area (Å²) in [6.45, 7) is 3.52. The van der Waals surface area contributed by atoms with Gasteiger partial charge in [0.2, 0.25) is 20.7 Å². The van der Waals surface area contributed by atoms with Crippen LogP contribution in [0.25, 0.3) is 21.9 Å². The van der Waals surface area contributed by atoms with Crippen molar-refractivity contribution in [3.63, 3.8) is 0 Å². The second-order valence-corrected chi connectivity index (χ2v) is 14.2. The van der Waals surface area contributed by atoms with Gasteiger partial charge in [-0.1, -0.05) is 0 Å². The number of phenolic OH excluding ortho intramolecular Hbond substituents is 2. The van der Waals surface area contributed by atoms with E-state index in [1.807, 2.05) is 0 Å². The highest BCUT2D eigenvalue weighted by Gasteiger charge is 2.62. The number of aliphatic hydroxyl groups excluding tert-OH is 2. The SMILES string of the molecule is COC(=O)[C@@]12O[C@@H](C[C@H]1O)c1c(oc3cc(C)cc(O)c3c1=O)S2.COC(=O)[C@@]12O[C@@H](C[C@H]1O)c1c(oc3cc(C)cc(O)c3c1=O)S2. The second-order valence-electron chi connectivity index (χ2n) is 11.8. The van der Waals surface area contributed by atoms with E-state index in [9.17, 15) is 39.6 Å². The van der Waals surface area contributed by atoms with Crippen molar-refractivity contribution >= 4 is 57.4 Å². The molecule has 14 nitrogen and oxygen atoms in total. The largest absolute Gasteiger partial charge is 0.507 e. The molecule has 2 fully saturated rings. The first kappa shape index (κ1) is 32.5. The highest BCUT2D eigenvalue weighted by molar-refractivity contribution is 8.01. The summed E-state index contributed by atoms with van der Waals surface area (Å²) in [6, 6.07) is 6.22. The Morgan fingerprint density at radius 2 is 1.10 bits per heavy atom. The average molecular weight is 701 g/mol. The Kier molecular flexibility index (Phi) is 7.61. The van der Waals surface area contributed by atoms with Gasteiger partial charge < -0.3 is 48.2 Å². The van der Waals surface area contributed by atoms with E-state index in [4.69, 9.17) is 27.8 Å². The Morgan fingerprint density at radius 3 is 1.46 bits per heavy atom. The van der Waals surface area contributed by atoms with E-state index in [1.165, 1.54) is 26.4 Å². The highest BCUT2D eigenvalue weighted by Crippen LogP contribution is 2.57. The van der Waals surface area contributed by atoms with Crippen LogP contribution in [0.1, 0.15) is 47.3 Å². The number of phenols is 2. The zero-order valence-corrected chi connectivity index (χ0v) is 27.4. The van der Waals surface area contributed by atoms with Gasteiger partial charge in [0, 0.05) is 12.8 Å². The summed E-state index contributed by atoms with van der Waals surface area (Å²) in [5.74, 6) is -1.81. The van der Waals surface area contributed by atoms with Gasteiger partial charge in [0.15, 0.2) is 10.2 Å². The Labute approximate surface area is 278 Å². The minimum Gasteiger partial charge on any atom is -0.507 e. The first-order valence-corrected chi connectivity index (χ1v) is 16.2. The van der Waals surface area contributed by atoms with Gasteiger partial charge in [0.05, 0.1) is 37.6 Å². The van der Waals surface area contributed by atoms with Gasteiger partial charge in [-0.3, -0.25) is 9.59 Å². The maximum atomic E-state index is 12.8. The molecule has 2 aromatic heterocycles. The van der Waals surface area contributed by atoms with Crippen molar-refractivity contribution in [3.8, 4) is 11.5 Å². The number of fused-ring (bicyclic) bond motifs is 10. The topological polar surface area (TPSA) is 212 Å². The maximum Gasteiger partial charge on any atom is 0.352 e. The minimum absolute atomic E-state index is 0.0653. The molecule has 0 spiro atoms. The molecule has 0 unspecified atom stereocenters. The highest BCUT2D eigenvalue weighted by atomic mass is 32.2. The minimum atomic E-state index is -1.64. The van der Waals surface area contributed by atoms with Crippen LogP contribution in [0.5, 0.6) is 11.5 Å². The molecule has 8 rings (SSSR count). The standard InChI is InChI=1S/2C16H14O7S/c2*1-6-3-7(17)11-8(4-6)22-14-12(13(11)19)9-5-10(18)16(23-9,24-14)15(20)21-2/h2*3-4,9-10,17-18H,5H2,1-2H3/t2*9-,10+,16+/m00/s1. The number of aliphatic hydroxyl groups is 2. The predicted molar refractivity (Wildman–Crippen MR) is 168 cm³/mol. The Hall–Kier alpha value is -4.06. The lowest BCUT2D eigenvalue weighted by atomic mass is 10.0. The molecule has 252 valence electrons. The number of methoxy groups -OCH3 is 2. The summed E-state index contributed by atoms with van der Waals surface area (Å²) in [5, 5.41) is 41.4. The van der Waals surface area contributed by atoms with E-state index in [1.54, 1.807) is 26.0 Å². The molecule has 4 aromatic rings. The van der Waals surface area contributed by atoms with E-state index < -0.39 is 57.1 Å². The number of thioether (sulfide) groups is 2. The lowest BCUT2D eigenvalue weighted by Crippen LogP contribution is -2.46. The predicted octanol–water partition coefficient (Wildman–Crippen LogP) is 3.21. The molecule has 6 atom stereocenters. The number of carbonyl (C=O) groups is 2. The van der Waals surface area contributed by atoms with Crippen molar-refractivity contribution in [1.29, 1.82) is 0 Å². The fraction of sp³-hybridized carbons (Fsp3) is 0.375. The molecule has 48 heavy (non-hydrogen) atoms. The first-order valence-electron chi connectivity index (χ1n) is 14.6. The second kappa shape index (κ2) is 11.2. The summed E-state index contributed by atoms with van der Waals surface area (Å²) >= 11 is 1.67. The molecule has 4 aliphatic rings. The third kappa shape index (κ3) is 4.58. The zero-order chi connectivity index (χ0) is 34.4. The molecule has 16 heteroatoms. The lowest BCUT2D eigenvalue weighted by molar-refractivity contribution is -0.163. The summed E-state index contributed by atoms with van der Waals surface area (Å²) in [5.41, 5.74) is 1.48. The maximum absolute atomic E-state index is 12.8. The van der Waals surface area contributed by atoms with Crippen LogP contribution in [0.4, 0.5) is 0 Å². The summed E-state index contributed by atoms with van der Waals surface area (Å²) in [7, 11) is 2.41. The molecule has 0 radical (unpaired) electrons. The molecule has 0 aliphatic carbocycles. The van der Waals surface area contributed by atoms with E-state index in [0.29, 0.717) is 0 Å². The molecule has 2 saturated heterocycles. The summed E-state index contributed by atoms with van der Waals surface area (Å²) in [4.78, 5) is 46.7. The number of benzene rings is 2. The third-order valence-electron chi connectivity index (χ3n) is 8.70. The van der Waals surface area contributed by atoms with Crippen molar-refractivity contribution in [2.75, 3.05) is 14.2 Å². The number of aryl methyl sites for hydroxylation is 2. The van der Waals surface area contributed by atoms with Gasteiger partial charge >= 0.3 is 11.9 Å². The molecule has 0 saturated carbocycles. The van der Waals surface area contributed by atoms with Crippen LogP contribution in [0.3, 0.4) is 0 Å². The van der Waals surface area contributed by atoms with Crippen LogP contribution >= 0.6 is 23.5 Å². The van der Waals surface area contributed by atoms with Gasteiger partial charge in [-0.2, -0.15) is 0 Å². The number of rotatable bonds is 2. The Morgan fingerprint density at radius 1 is 0.729 bits per heavy atom. The monoisotopic (exact) mass is 700 g/mol. The van der Waals surface area contributed by atoms with Crippen LogP contribution in [0.2, 0.25) is 0 Å². The Bertz CT molecular complexity index is 2020. The number of aromatic hydroxyl groups is 2. The normalized spacial score (nSPS) is 28.0. The smallest absolute Gasteiger partial charge is 0.352 e. The summed E-state index contributed by atoms with van der Waals surface area (Å²) < 4.78 is 32.4. The number of hydrogen-bond donors (Lipinski definition) is 4. The van der Waals surface area contributed by atoms with Gasteiger partial charge in [0.25, 0.3) is 0 Å². The average Bonchev–Trinajstić information content (AvgIpc) is 3.44. The van der Waals surface area contributed by atoms with Crippen LogP contribution in [0.15, 0.2) is 52.9 Å². The van der Waals surface area contributed by atoms with E-state index in [2.05, 4.69) is 0 Å². The molecule has 2 aromatic carbocycles. The quantitative estimate of drug-likeness (QED) is 0.221. The number of hydrogen-bond acceptors (Lipinski definition) is 16. The lowest BCUT2D eigenvalue weighted by Gasteiger charge is -2.31. The van der Waals surface area contributed by atoms with Crippen molar-refractivity contribution in [3.05, 3.63) is 67.0 Å². The molecular formula is C32H28O14S2. The van der Waals surface area contributed by atoms with Crippen molar-refractivity contribution in [2.45, 2.75) is 71.2 Å². The summed E-state index contributed by atoms with van der Waals surface area (Å²) in [6.07, 6.45) is -3.73. The van der Waals surface area contributed by atoms with Crippen molar-refractivity contribution < 1.29 is 57.8 Å². The molecule has 4 N–H and O–H groups in total. The van der Waals surface area contributed by atoms with Crippen LogP contribution in [-0.2, 0) is 28.5 Å². The Balaban J connectivity index is 0.000000152. The van der Waals surface area contributed by atoms with Gasteiger partial charge in [-0.25, -0.2) is 9.59 Å². The molecular weight excluding hydrogens is 672 g/mol. The van der Waals surface area contributed by atoms with E-state index >= 15 is 0 Å². The van der Waals surface area contributed by atoms with Crippen molar-refractivity contribution in [1.82, 2.24) is 0 Å². The first-order chi connectivity index (χ1) is 22.7. The molecule has 6 heterocycles. The molecule has 4 aliphatic heterocycles. The fourth-order valence-corrected chi connectivity index (χ4v) is 9.11. The van der Waals surface area contributed by atoms with Gasteiger partial charge in [0.1, 0.15) is 45.6 Å². The zero-order valence-electron chi connectivity index (χ0n) is 25.7. The fourth-order valence-electron chi connectivity index (χ4n) is 6.50. The molecule has 0 amide bonds. The van der Waals surface area contributed by atoms with E-state index in [-0.39, 0.29) is 67.6 Å². The third-order valence-corrected chi connectivity index (χ3v) is 11.4. The number of esters is 2.